The number of hydrogen-bond acceptors (Lipinski definition) is 3. The van der Waals surface area contributed by atoms with Gasteiger partial charge in [-0.1, -0.05) is 0 Å². The zero-order valence-electron chi connectivity index (χ0n) is 5.91. The van der Waals surface area contributed by atoms with Gasteiger partial charge in [0.25, 0.3) is 0 Å². The lowest BCUT2D eigenvalue weighted by atomic mass is 10.6. The van der Waals surface area contributed by atoms with Gasteiger partial charge in [0.05, 0.1) is 17.7 Å². The number of alkyl halides is 1. The minimum absolute atomic E-state index is 0.0616. The molecule has 0 radical (unpaired) electrons. The Morgan fingerprint density at radius 1 is 1.83 bits per heavy atom. The third kappa shape index (κ3) is 1.90. The maximum atomic E-state index is 11.8. The van der Waals surface area contributed by atoms with Gasteiger partial charge in [-0.05, 0) is 27.5 Å². The summed E-state index contributed by atoms with van der Waals surface area (Å²) < 4.78 is 13.7. The van der Waals surface area contributed by atoms with E-state index < -0.39 is 11.6 Å². The molecule has 0 saturated carbocycles. The second kappa shape index (κ2) is 3.78. The fourth-order valence-electron chi connectivity index (χ4n) is 0.707. The molecule has 0 aliphatic heterocycles. The van der Waals surface area contributed by atoms with Crippen molar-refractivity contribution in [2.24, 2.45) is 0 Å². The fraction of sp³-hybridized carbons (Fsp3) is 0.400. The Hall–Kier alpha value is -0.730. The standard InChI is InChI=1S/C5H5FIN3O2/c6-1-2-9-4(7)3-5(8-9)10(11)12/h3H,1-2H2. The lowest BCUT2D eigenvalue weighted by molar-refractivity contribution is -0.389. The van der Waals surface area contributed by atoms with Gasteiger partial charge in [0.2, 0.25) is 0 Å². The monoisotopic (exact) mass is 285 g/mol. The van der Waals surface area contributed by atoms with E-state index in [1.54, 1.807) is 0 Å². The minimum atomic E-state index is -0.600. The minimum Gasteiger partial charge on any atom is -0.358 e. The van der Waals surface area contributed by atoms with Crippen molar-refractivity contribution in [3.05, 3.63) is 19.9 Å². The predicted octanol–water partition coefficient (Wildman–Crippen LogP) is 1.37. The summed E-state index contributed by atoms with van der Waals surface area (Å²) in [4.78, 5) is 9.60. The van der Waals surface area contributed by atoms with Crippen molar-refractivity contribution in [2.45, 2.75) is 6.54 Å². The van der Waals surface area contributed by atoms with E-state index in [2.05, 4.69) is 5.10 Å². The van der Waals surface area contributed by atoms with Crippen LogP contribution in [0, 0.1) is 13.8 Å². The first-order chi connectivity index (χ1) is 5.65. The van der Waals surface area contributed by atoms with Gasteiger partial charge in [0, 0.05) is 0 Å². The molecule has 0 spiro atoms. The van der Waals surface area contributed by atoms with E-state index in [0.717, 1.165) is 0 Å². The van der Waals surface area contributed by atoms with E-state index >= 15 is 0 Å². The highest BCUT2D eigenvalue weighted by atomic mass is 127. The maximum absolute atomic E-state index is 11.8. The molecule has 1 aromatic rings. The highest BCUT2D eigenvalue weighted by molar-refractivity contribution is 14.1. The molecule has 0 fully saturated rings. The van der Waals surface area contributed by atoms with Crippen molar-refractivity contribution in [3.63, 3.8) is 0 Å². The van der Waals surface area contributed by atoms with E-state index in [0.29, 0.717) is 3.70 Å². The molecular formula is C5H5FIN3O2. The molecule has 1 heterocycles. The molecule has 1 rings (SSSR count). The molecule has 12 heavy (non-hydrogen) atoms. The van der Waals surface area contributed by atoms with Crippen molar-refractivity contribution in [3.8, 4) is 0 Å². The Labute approximate surface area is 80.8 Å². The van der Waals surface area contributed by atoms with Gasteiger partial charge in [-0.2, -0.15) is 4.68 Å². The molecule has 1 aromatic heterocycles. The highest BCUT2D eigenvalue weighted by Crippen LogP contribution is 2.13. The quantitative estimate of drug-likeness (QED) is 0.478. The predicted molar refractivity (Wildman–Crippen MR) is 47.6 cm³/mol. The number of nitrogens with zero attached hydrogens (tertiary/aromatic N) is 3. The summed E-state index contributed by atoms with van der Waals surface area (Å²) in [6.45, 7) is -0.513. The Kier molecular flexibility index (Phi) is 2.95. The molecule has 0 saturated heterocycles. The van der Waals surface area contributed by atoms with Gasteiger partial charge >= 0.3 is 5.82 Å². The summed E-state index contributed by atoms with van der Waals surface area (Å²) >= 11 is 1.87. The average molecular weight is 285 g/mol. The van der Waals surface area contributed by atoms with Crippen LogP contribution < -0.4 is 0 Å². The van der Waals surface area contributed by atoms with Crippen LogP contribution in [0.5, 0.6) is 0 Å². The lowest BCUT2D eigenvalue weighted by Crippen LogP contribution is -2.03. The van der Waals surface area contributed by atoms with E-state index in [9.17, 15) is 14.5 Å². The van der Waals surface area contributed by atoms with Crippen molar-refractivity contribution in [2.75, 3.05) is 6.67 Å². The van der Waals surface area contributed by atoms with E-state index in [1.165, 1.54) is 10.7 Å². The van der Waals surface area contributed by atoms with Gasteiger partial charge < -0.3 is 10.1 Å². The summed E-state index contributed by atoms with van der Waals surface area (Å²) in [5.74, 6) is -0.243. The van der Waals surface area contributed by atoms with Crippen molar-refractivity contribution in [1.29, 1.82) is 0 Å². The zero-order chi connectivity index (χ0) is 9.14. The van der Waals surface area contributed by atoms with Crippen LogP contribution in [0.15, 0.2) is 6.07 Å². The summed E-state index contributed by atoms with van der Waals surface area (Å²) in [7, 11) is 0. The molecule has 0 bridgehead atoms. The summed E-state index contributed by atoms with van der Waals surface area (Å²) in [6, 6.07) is 1.30. The van der Waals surface area contributed by atoms with Crippen LogP contribution in [-0.4, -0.2) is 21.4 Å². The highest BCUT2D eigenvalue weighted by Gasteiger charge is 2.15. The summed E-state index contributed by atoms with van der Waals surface area (Å²) in [5, 5.41) is 13.8. The number of rotatable bonds is 3. The average Bonchev–Trinajstić information content (AvgIpc) is 2.34. The Morgan fingerprint density at radius 3 is 2.92 bits per heavy atom. The molecular weight excluding hydrogens is 280 g/mol. The maximum Gasteiger partial charge on any atom is 0.391 e. The first-order valence-electron chi connectivity index (χ1n) is 3.09. The Balaban J connectivity index is 2.92. The molecule has 5 nitrogen and oxygen atoms in total. The molecule has 0 aromatic carbocycles. The Bertz CT molecular complexity index is 301. The lowest BCUT2D eigenvalue weighted by Gasteiger charge is -1.89. The van der Waals surface area contributed by atoms with Crippen LogP contribution in [0.3, 0.4) is 0 Å². The van der Waals surface area contributed by atoms with Crippen molar-refractivity contribution < 1.29 is 9.31 Å². The second-order valence-corrected chi connectivity index (χ2v) is 3.10. The molecule has 0 amide bonds. The van der Waals surface area contributed by atoms with Crippen molar-refractivity contribution in [1.82, 2.24) is 9.78 Å². The molecule has 0 N–H and O–H groups in total. The second-order valence-electron chi connectivity index (χ2n) is 1.99. The molecule has 0 aliphatic rings. The molecule has 66 valence electrons. The van der Waals surface area contributed by atoms with Crippen LogP contribution in [-0.2, 0) is 6.54 Å². The van der Waals surface area contributed by atoms with Crippen LogP contribution >= 0.6 is 22.6 Å². The van der Waals surface area contributed by atoms with Crippen LogP contribution in [0.4, 0.5) is 10.2 Å². The van der Waals surface area contributed by atoms with E-state index in [-0.39, 0.29) is 12.4 Å². The molecule has 0 atom stereocenters. The normalized spacial score (nSPS) is 10.2. The number of aryl methyl sites for hydroxylation is 1. The van der Waals surface area contributed by atoms with Gasteiger partial charge in [0.1, 0.15) is 10.4 Å². The van der Waals surface area contributed by atoms with Crippen molar-refractivity contribution >= 4 is 28.4 Å². The zero-order valence-corrected chi connectivity index (χ0v) is 8.06. The topological polar surface area (TPSA) is 61.0 Å². The third-order valence-corrected chi connectivity index (χ3v) is 2.07. The first kappa shape index (κ1) is 9.36. The SMILES string of the molecule is O=[N+]([O-])c1cc(I)n(CCF)n1. The first-order valence-corrected chi connectivity index (χ1v) is 4.16. The van der Waals surface area contributed by atoms with Gasteiger partial charge in [0.15, 0.2) is 0 Å². The Morgan fingerprint density at radius 2 is 2.50 bits per heavy atom. The molecule has 0 unspecified atom stereocenters. The van der Waals surface area contributed by atoms with Crippen LogP contribution in [0.1, 0.15) is 0 Å². The van der Waals surface area contributed by atoms with E-state index in [1.807, 2.05) is 22.6 Å². The summed E-state index contributed by atoms with van der Waals surface area (Å²) in [5.41, 5.74) is 0. The van der Waals surface area contributed by atoms with E-state index in [4.69, 9.17) is 0 Å². The molecule has 0 aliphatic carbocycles. The third-order valence-electron chi connectivity index (χ3n) is 1.20. The van der Waals surface area contributed by atoms with Crippen LogP contribution in [0.2, 0.25) is 0 Å². The van der Waals surface area contributed by atoms with Gasteiger partial charge in [-0.25, -0.2) is 4.39 Å². The molecule has 7 heteroatoms. The number of halogens is 2. The van der Waals surface area contributed by atoms with Gasteiger partial charge in [-0.3, -0.25) is 0 Å². The van der Waals surface area contributed by atoms with Gasteiger partial charge in [-0.15, -0.1) is 0 Å². The largest absolute Gasteiger partial charge is 0.391 e. The summed E-state index contributed by atoms with van der Waals surface area (Å²) in [6.07, 6.45) is 0. The number of hydrogen-bond donors (Lipinski definition) is 0. The number of aromatic nitrogens is 2. The van der Waals surface area contributed by atoms with Crippen LogP contribution in [0.25, 0.3) is 0 Å². The fourth-order valence-corrected chi connectivity index (χ4v) is 1.34. The smallest absolute Gasteiger partial charge is 0.358 e. The number of nitro groups is 1.